The van der Waals surface area contributed by atoms with Crippen molar-refractivity contribution < 1.29 is 10.2 Å². The van der Waals surface area contributed by atoms with Gasteiger partial charge in [-0.2, -0.15) is 0 Å². The summed E-state index contributed by atoms with van der Waals surface area (Å²) in [6.45, 7) is 1.80. The highest BCUT2D eigenvalue weighted by atomic mass is 16.3. The number of aromatic nitrogens is 2. The molecule has 0 radical (unpaired) electrons. The summed E-state index contributed by atoms with van der Waals surface area (Å²) >= 11 is 0. The van der Waals surface area contributed by atoms with Gasteiger partial charge in [0.05, 0.1) is 25.3 Å². The van der Waals surface area contributed by atoms with Gasteiger partial charge in [0.1, 0.15) is 0 Å². The van der Waals surface area contributed by atoms with Gasteiger partial charge in [-0.3, -0.25) is 0 Å². The van der Waals surface area contributed by atoms with E-state index in [1.165, 1.54) is 21.5 Å². The van der Waals surface area contributed by atoms with Gasteiger partial charge < -0.3 is 24.7 Å². The Morgan fingerprint density at radius 3 is 1.09 bits per heavy atom. The highest BCUT2D eigenvalue weighted by Gasteiger charge is 2.15. The second-order valence-corrected chi connectivity index (χ2v) is 9.26. The van der Waals surface area contributed by atoms with Crippen LogP contribution in [0.3, 0.4) is 0 Å². The summed E-state index contributed by atoms with van der Waals surface area (Å²) in [6.07, 6.45) is -1.15. The van der Waals surface area contributed by atoms with Gasteiger partial charge in [0.2, 0.25) is 0 Å². The van der Waals surface area contributed by atoms with Crippen molar-refractivity contribution in [3.05, 3.63) is 97.1 Å². The molecular formula is C30H29N3O2. The summed E-state index contributed by atoms with van der Waals surface area (Å²) in [5, 5.41) is 29.7. The van der Waals surface area contributed by atoms with Crippen LogP contribution in [-0.2, 0) is 13.1 Å². The standard InChI is InChI=1S/C30H29N3O2/c34-21(19-32-27-13-5-1-9-23(27)24-10-2-6-14-28(24)32)17-31-18-22(35)20-33-29-15-7-3-11-25(29)26-12-4-8-16-30(26)33/h1-16,21-22,31,34-35H,17-20H2. The third kappa shape index (κ3) is 3.98. The minimum absolute atomic E-state index is 0.408. The zero-order valence-electron chi connectivity index (χ0n) is 19.5. The highest BCUT2D eigenvalue weighted by Crippen LogP contribution is 2.30. The predicted molar refractivity (Wildman–Crippen MR) is 144 cm³/mol. The maximum absolute atomic E-state index is 10.8. The number of hydrogen-bond donors (Lipinski definition) is 3. The lowest BCUT2D eigenvalue weighted by Gasteiger charge is -2.18. The summed E-state index contributed by atoms with van der Waals surface area (Å²) in [5.74, 6) is 0. The highest BCUT2D eigenvalue weighted by molar-refractivity contribution is 6.08. The average molecular weight is 464 g/mol. The molecule has 2 atom stereocenters. The van der Waals surface area contributed by atoms with Crippen LogP contribution < -0.4 is 5.32 Å². The molecule has 3 N–H and O–H groups in total. The number of hydrogen-bond acceptors (Lipinski definition) is 3. The van der Waals surface area contributed by atoms with E-state index in [-0.39, 0.29) is 0 Å². The van der Waals surface area contributed by atoms with Gasteiger partial charge in [0.25, 0.3) is 0 Å². The first kappa shape index (κ1) is 21.9. The number of aliphatic hydroxyl groups is 2. The molecule has 0 saturated heterocycles. The minimum Gasteiger partial charge on any atom is -0.390 e. The van der Waals surface area contributed by atoms with Crippen LogP contribution in [0.2, 0.25) is 0 Å². The first-order valence-electron chi connectivity index (χ1n) is 12.2. The van der Waals surface area contributed by atoms with Gasteiger partial charge in [-0.1, -0.05) is 72.8 Å². The molecule has 0 saturated carbocycles. The molecule has 0 aliphatic heterocycles. The number of aliphatic hydroxyl groups excluding tert-OH is 2. The van der Waals surface area contributed by atoms with E-state index in [0.717, 1.165) is 22.1 Å². The topological polar surface area (TPSA) is 62.3 Å². The van der Waals surface area contributed by atoms with Crippen LogP contribution in [0.4, 0.5) is 0 Å². The van der Waals surface area contributed by atoms with Crippen molar-refractivity contribution in [3.8, 4) is 0 Å². The van der Waals surface area contributed by atoms with Crippen molar-refractivity contribution in [2.45, 2.75) is 25.3 Å². The van der Waals surface area contributed by atoms with E-state index in [9.17, 15) is 10.2 Å². The fourth-order valence-corrected chi connectivity index (χ4v) is 5.37. The quantitative estimate of drug-likeness (QED) is 0.300. The Bertz CT molecular complexity index is 1400. The van der Waals surface area contributed by atoms with Crippen molar-refractivity contribution >= 4 is 43.6 Å². The first-order chi connectivity index (χ1) is 17.2. The van der Waals surface area contributed by atoms with E-state index in [1.807, 2.05) is 24.3 Å². The van der Waals surface area contributed by atoms with E-state index in [1.54, 1.807) is 0 Å². The smallest absolute Gasteiger partial charge is 0.0843 e. The number of nitrogens with zero attached hydrogens (tertiary/aromatic N) is 2. The third-order valence-corrected chi connectivity index (χ3v) is 6.91. The Morgan fingerprint density at radius 1 is 0.486 bits per heavy atom. The molecule has 0 fully saturated rings. The Morgan fingerprint density at radius 2 is 0.771 bits per heavy atom. The van der Waals surface area contributed by atoms with E-state index in [4.69, 9.17) is 0 Å². The van der Waals surface area contributed by atoms with E-state index in [2.05, 4.69) is 87.2 Å². The number of benzene rings is 4. The van der Waals surface area contributed by atoms with Crippen molar-refractivity contribution in [2.24, 2.45) is 0 Å². The zero-order valence-corrected chi connectivity index (χ0v) is 19.5. The molecule has 35 heavy (non-hydrogen) atoms. The second kappa shape index (κ2) is 9.19. The van der Waals surface area contributed by atoms with E-state index < -0.39 is 12.2 Å². The van der Waals surface area contributed by atoms with Gasteiger partial charge in [-0.05, 0) is 24.3 Å². The molecule has 0 bridgehead atoms. The maximum atomic E-state index is 10.8. The summed E-state index contributed by atoms with van der Waals surface area (Å²) in [4.78, 5) is 0. The molecule has 2 heterocycles. The monoisotopic (exact) mass is 463 g/mol. The number of para-hydroxylation sites is 4. The maximum Gasteiger partial charge on any atom is 0.0843 e. The second-order valence-electron chi connectivity index (χ2n) is 9.26. The van der Waals surface area contributed by atoms with Gasteiger partial charge in [-0.25, -0.2) is 0 Å². The SMILES string of the molecule is OC(CNCC(O)Cn1c2ccccc2c2ccccc21)Cn1c2ccccc2c2ccccc21. The largest absolute Gasteiger partial charge is 0.390 e. The zero-order chi connectivity index (χ0) is 23.8. The summed E-state index contributed by atoms with van der Waals surface area (Å²) in [7, 11) is 0. The van der Waals surface area contributed by atoms with Crippen molar-refractivity contribution in [1.29, 1.82) is 0 Å². The molecule has 2 unspecified atom stereocenters. The Hall–Kier alpha value is -3.64. The molecule has 0 amide bonds. The Kier molecular flexibility index (Phi) is 5.74. The Labute approximate surface area is 203 Å². The van der Waals surface area contributed by atoms with Crippen LogP contribution in [0.5, 0.6) is 0 Å². The van der Waals surface area contributed by atoms with Crippen LogP contribution in [0.25, 0.3) is 43.6 Å². The molecule has 2 aromatic heterocycles. The predicted octanol–water partition coefficient (Wildman–Crippen LogP) is 4.91. The molecule has 4 aromatic carbocycles. The molecule has 0 spiro atoms. The number of nitrogens with one attached hydrogen (secondary N) is 1. The molecule has 0 aliphatic rings. The van der Waals surface area contributed by atoms with Crippen molar-refractivity contribution in [3.63, 3.8) is 0 Å². The van der Waals surface area contributed by atoms with Crippen LogP contribution >= 0.6 is 0 Å². The van der Waals surface area contributed by atoms with Crippen molar-refractivity contribution in [1.82, 2.24) is 14.5 Å². The summed E-state index contributed by atoms with van der Waals surface area (Å²) < 4.78 is 4.37. The van der Waals surface area contributed by atoms with E-state index >= 15 is 0 Å². The van der Waals surface area contributed by atoms with Gasteiger partial charge in [0.15, 0.2) is 0 Å². The molecule has 5 nitrogen and oxygen atoms in total. The lowest BCUT2D eigenvalue weighted by molar-refractivity contribution is 0.128. The first-order valence-corrected chi connectivity index (χ1v) is 12.2. The van der Waals surface area contributed by atoms with Crippen LogP contribution in [-0.4, -0.2) is 44.6 Å². The van der Waals surface area contributed by atoms with Crippen molar-refractivity contribution in [2.75, 3.05) is 13.1 Å². The fraction of sp³-hybridized carbons (Fsp3) is 0.200. The van der Waals surface area contributed by atoms with Crippen LogP contribution in [0, 0.1) is 0 Å². The van der Waals surface area contributed by atoms with Gasteiger partial charge in [-0.15, -0.1) is 0 Å². The molecular weight excluding hydrogens is 434 g/mol. The molecule has 5 heteroatoms. The normalized spacial score (nSPS) is 13.8. The van der Waals surface area contributed by atoms with Gasteiger partial charge in [0, 0.05) is 56.7 Å². The fourth-order valence-electron chi connectivity index (χ4n) is 5.37. The molecule has 0 aliphatic carbocycles. The lowest BCUT2D eigenvalue weighted by Crippen LogP contribution is -2.36. The van der Waals surface area contributed by atoms with Crippen LogP contribution in [0.15, 0.2) is 97.1 Å². The number of fused-ring (bicyclic) bond motifs is 6. The number of rotatable bonds is 8. The lowest BCUT2D eigenvalue weighted by atomic mass is 10.2. The summed E-state index contributed by atoms with van der Waals surface area (Å²) in [5.41, 5.74) is 4.50. The summed E-state index contributed by atoms with van der Waals surface area (Å²) in [6, 6.07) is 33.3. The third-order valence-electron chi connectivity index (χ3n) is 6.91. The minimum atomic E-state index is -0.574. The van der Waals surface area contributed by atoms with E-state index in [0.29, 0.717) is 26.2 Å². The average Bonchev–Trinajstić information content (AvgIpc) is 3.38. The molecule has 6 aromatic rings. The molecule has 6 rings (SSSR count). The Balaban J connectivity index is 1.13. The van der Waals surface area contributed by atoms with Gasteiger partial charge >= 0.3 is 0 Å². The molecule has 176 valence electrons. The van der Waals surface area contributed by atoms with Crippen LogP contribution in [0.1, 0.15) is 0 Å².